The maximum atomic E-state index is 14.7. The van der Waals surface area contributed by atoms with Crippen LogP contribution < -0.4 is 0 Å². The van der Waals surface area contributed by atoms with Crippen LogP contribution in [0.15, 0.2) is 42.6 Å². The van der Waals surface area contributed by atoms with Crippen molar-refractivity contribution < 1.29 is 14.0 Å². The Balaban J connectivity index is 1.51. The number of hydrogen-bond acceptors (Lipinski definition) is 3. The fourth-order valence-corrected chi connectivity index (χ4v) is 5.61. The fraction of sp³-hybridized carbons (Fsp3) is 0.560. The Morgan fingerprint density at radius 2 is 1.94 bits per heavy atom. The number of rotatable bonds is 5. The highest BCUT2D eigenvalue weighted by Crippen LogP contribution is 2.52. The lowest BCUT2D eigenvalue weighted by Crippen LogP contribution is -2.52. The number of piperidine rings is 1. The Kier molecular flexibility index (Phi) is 5.10. The van der Waals surface area contributed by atoms with Crippen LogP contribution in [0.1, 0.15) is 62.7 Å². The molecule has 0 radical (unpaired) electrons. The van der Waals surface area contributed by atoms with Gasteiger partial charge in [0.2, 0.25) is 5.91 Å². The molecular weight excluding hydrogens is 407 g/mol. The van der Waals surface area contributed by atoms with Gasteiger partial charge in [0.25, 0.3) is 5.91 Å². The fourth-order valence-electron chi connectivity index (χ4n) is 5.61. The minimum absolute atomic E-state index is 0.0770. The molecule has 1 spiro atoms. The molecule has 1 saturated carbocycles. The monoisotopic (exact) mass is 438 g/mol. The minimum atomic E-state index is -1.73. The van der Waals surface area contributed by atoms with Gasteiger partial charge in [-0.3, -0.25) is 14.3 Å². The van der Waals surface area contributed by atoms with Gasteiger partial charge < -0.3 is 9.80 Å². The van der Waals surface area contributed by atoms with E-state index >= 15 is 0 Å². The third-order valence-electron chi connectivity index (χ3n) is 7.43. The first kappa shape index (κ1) is 21.2. The van der Waals surface area contributed by atoms with Crippen LogP contribution in [0.25, 0.3) is 0 Å². The van der Waals surface area contributed by atoms with Crippen LogP contribution in [0, 0.1) is 5.41 Å². The number of halogens is 1. The summed E-state index contributed by atoms with van der Waals surface area (Å²) in [6.07, 6.45) is 3.91. The highest BCUT2D eigenvalue weighted by molar-refractivity contribution is 5.91. The van der Waals surface area contributed by atoms with Crippen molar-refractivity contribution in [2.24, 2.45) is 5.41 Å². The van der Waals surface area contributed by atoms with Gasteiger partial charge in [-0.25, -0.2) is 4.39 Å². The highest BCUT2D eigenvalue weighted by atomic mass is 19.1. The van der Waals surface area contributed by atoms with Gasteiger partial charge in [-0.05, 0) is 51.2 Å². The van der Waals surface area contributed by atoms with E-state index in [1.807, 2.05) is 46.0 Å². The Bertz CT molecular complexity index is 1020. The summed E-state index contributed by atoms with van der Waals surface area (Å²) in [5.74, 6) is -0.555. The van der Waals surface area contributed by atoms with Gasteiger partial charge in [0.15, 0.2) is 5.67 Å². The van der Waals surface area contributed by atoms with Crippen molar-refractivity contribution in [1.82, 2.24) is 19.6 Å². The second-order valence-electron chi connectivity index (χ2n) is 9.97. The molecule has 0 unspecified atom stereocenters. The molecular formula is C25H31FN4O2. The maximum Gasteiger partial charge on any atom is 0.260 e. The third-order valence-corrected chi connectivity index (χ3v) is 7.43. The van der Waals surface area contributed by atoms with Crippen LogP contribution in [-0.4, -0.2) is 56.7 Å². The minimum Gasteiger partial charge on any atom is -0.338 e. The van der Waals surface area contributed by atoms with Gasteiger partial charge in [0, 0.05) is 50.0 Å². The summed E-state index contributed by atoms with van der Waals surface area (Å²) in [6, 6.07) is 12.1. The summed E-state index contributed by atoms with van der Waals surface area (Å²) in [5.41, 5.74) is -0.404. The molecule has 3 heterocycles. The largest absolute Gasteiger partial charge is 0.338 e. The summed E-state index contributed by atoms with van der Waals surface area (Å²) in [4.78, 5) is 30.6. The molecule has 3 fully saturated rings. The van der Waals surface area contributed by atoms with Crippen LogP contribution in [0.4, 0.5) is 4.39 Å². The second kappa shape index (κ2) is 7.71. The molecule has 1 aromatic heterocycles. The van der Waals surface area contributed by atoms with Crippen molar-refractivity contribution in [3.8, 4) is 0 Å². The van der Waals surface area contributed by atoms with E-state index in [2.05, 4.69) is 18.9 Å². The van der Waals surface area contributed by atoms with Gasteiger partial charge in [0.05, 0.1) is 5.41 Å². The molecule has 32 heavy (non-hydrogen) atoms. The number of hydrogen-bond donors (Lipinski definition) is 0. The molecule has 2 aromatic rings. The van der Waals surface area contributed by atoms with Gasteiger partial charge in [-0.15, -0.1) is 0 Å². The highest BCUT2D eigenvalue weighted by Gasteiger charge is 2.61. The summed E-state index contributed by atoms with van der Waals surface area (Å²) < 4.78 is 16.7. The SMILES string of the molecule is CC(C)n1nccc1[C@@H]1CN(C(=O)C2(F)CC2)C[C@@]12CCCN(Cc1ccccc1)C2=O. The molecule has 3 aliphatic rings. The number of carbonyl (C=O) groups excluding carboxylic acids is 2. The number of amides is 2. The zero-order valence-electron chi connectivity index (χ0n) is 18.8. The number of benzene rings is 1. The van der Waals surface area contributed by atoms with Crippen LogP contribution in [0.5, 0.6) is 0 Å². The van der Waals surface area contributed by atoms with Crippen molar-refractivity contribution in [2.75, 3.05) is 19.6 Å². The number of alkyl halides is 1. The predicted octanol–water partition coefficient (Wildman–Crippen LogP) is 3.70. The Labute approximate surface area is 188 Å². The molecule has 170 valence electrons. The van der Waals surface area contributed by atoms with Crippen molar-refractivity contribution >= 4 is 11.8 Å². The van der Waals surface area contributed by atoms with Gasteiger partial charge >= 0.3 is 0 Å². The maximum absolute atomic E-state index is 14.7. The molecule has 6 nitrogen and oxygen atoms in total. The first-order valence-electron chi connectivity index (χ1n) is 11.7. The third kappa shape index (κ3) is 3.42. The van der Waals surface area contributed by atoms with Gasteiger partial charge in [-0.1, -0.05) is 30.3 Å². The standard InChI is InChI=1S/C25H31FN4O2/c1-18(2)30-21(9-13-27-30)20-16-29(23(32)25(26)11-12-25)17-24(20)10-6-14-28(22(24)31)15-19-7-4-3-5-8-19/h3-5,7-9,13,18,20H,6,10-12,14-17H2,1-2H3/t20-,24-/m0/s1. The van der Waals surface area contributed by atoms with Crippen LogP contribution >= 0.6 is 0 Å². The van der Waals surface area contributed by atoms with Crippen molar-refractivity contribution in [1.29, 1.82) is 0 Å². The molecule has 0 N–H and O–H groups in total. The number of likely N-dealkylation sites (tertiary alicyclic amines) is 2. The molecule has 2 amide bonds. The lowest BCUT2D eigenvalue weighted by atomic mass is 9.70. The summed E-state index contributed by atoms with van der Waals surface area (Å²) >= 11 is 0. The van der Waals surface area contributed by atoms with Gasteiger partial charge in [0.1, 0.15) is 0 Å². The molecule has 1 aliphatic carbocycles. The topological polar surface area (TPSA) is 58.4 Å². The molecule has 5 rings (SSSR count). The van der Waals surface area contributed by atoms with Crippen LogP contribution in [-0.2, 0) is 16.1 Å². The van der Waals surface area contributed by atoms with E-state index < -0.39 is 17.0 Å². The molecule has 1 aromatic carbocycles. The van der Waals surface area contributed by atoms with E-state index in [0.717, 1.165) is 17.7 Å². The quantitative estimate of drug-likeness (QED) is 0.715. The number of nitrogens with zero attached hydrogens (tertiary/aromatic N) is 4. The van der Waals surface area contributed by atoms with E-state index in [9.17, 15) is 14.0 Å². The van der Waals surface area contributed by atoms with Crippen LogP contribution in [0.3, 0.4) is 0 Å². The summed E-state index contributed by atoms with van der Waals surface area (Å²) in [6.45, 7) is 6.03. The number of aromatic nitrogens is 2. The van der Waals surface area contributed by atoms with E-state index in [0.29, 0.717) is 26.1 Å². The smallest absolute Gasteiger partial charge is 0.260 e. The first-order valence-corrected chi connectivity index (χ1v) is 11.7. The average Bonchev–Trinajstić information content (AvgIpc) is 3.20. The molecule has 0 bridgehead atoms. The normalized spacial score (nSPS) is 26.9. The molecule has 2 saturated heterocycles. The molecule has 2 aliphatic heterocycles. The lowest BCUT2D eigenvalue weighted by Gasteiger charge is -2.42. The summed E-state index contributed by atoms with van der Waals surface area (Å²) in [7, 11) is 0. The average molecular weight is 439 g/mol. The lowest BCUT2D eigenvalue weighted by molar-refractivity contribution is -0.148. The van der Waals surface area contributed by atoms with Gasteiger partial charge in [-0.2, -0.15) is 5.10 Å². The van der Waals surface area contributed by atoms with Crippen LogP contribution in [0.2, 0.25) is 0 Å². The van der Waals surface area contributed by atoms with Crippen molar-refractivity contribution in [3.63, 3.8) is 0 Å². The molecule has 7 heteroatoms. The first-order chi connectivity index (χ1) is 15.3. The van der Waals surface area contributed by atoms with E-state index in [1.165, 1.54) is 0 Å². The van der Waals surface area contributed by atoms with E-state index in [-0.39, 0.29) is 37.3 Å². The van der Waals surface area contributed by atoms with E-state index in [4.69, 9.17) is 0 Å². The molecule has 2 atom stereocenters. The Morgan fingerprint density at radius 1 is 1.19 bits per heavy atom. The van der Waals surface area contributed by atoms with Crippen molar-refractivity contribution in [2.45, 2.75) is 63.7 Å². The second-order valence-corrected chi connectivity index (χ2v) is 9.97. The van der Waals surface area contributed by atoms with E-state index in [1.54, 1.807) is 11.1 Å². The predicted molar refractivity (Wildman–Crippen MR) is 119 cm³/mol. The zero-order valence-corrected chi connectivity index (χ0v) is 18.8. The summed E-state index contributed by atoms with van der Waals surface area (Å²) in [5, 5.41) is 4.50. The zero-order chi connectivity index (χ0) is 22.5. The van der Waals surface area contributed by atoms with Crippen molar-refractivity contribution in [3.05, 3.63) is 53.9 Å². The Morgan fingerprint density at radius 3 is 2.62 bits per heavy atom. The number of carbonyl (C=O) groups is 2. The Hall–Kier alpha value is -2.70.